The Labute approximate surface area is 66.7 Å². The zero-order valence-electron chi connectivity index (χ0n) is 8.04. The van der Waals surface area contributed by atoms with Crippen LogP contribution < -0.4 is 0 Å². The van der Waals surface area contributed by atoms with E-state index in [-0.39, 0.29) is 0 Å². The molecule has 0 aromatic carbocycles. The van der Waals surface area contributed by atoms with Gasteiger partial charge in [0.05, 0.1) is 0 Å². The molecule has 0 fully saturated rings. The summed E-state index contributed by atoms with van der Waals surface area (Å²) in [5.74, 6) is 0. The molecule has 0 atom stereocenters. The second-order valence-electron chi connectivity index (χ2n) is 2.91. The van der Waals surface area contributed by atoms with Gasteiger partial charge in [-0.2, -0.15) is 0 Å². The summed E-state index contributed by atoms with van der Waals surface area (Å²) in [5, 5.41) is 0. The lowest BCUT2D eigenvalue weighted by Crippen LogP contribution is -2.00. The van der Waals surface area contributed by atoms with Gasteiger partial charge >= 0.3 is 0 Å². The van der Waals surface area contributed by atoms with Crippen molar-refractivity contribution in [3.63, 3.8) is 0 Å². The van der Waals surface area contributed by atoms with Gasteiger partial charge in [-0.15, -0.1) is 26.3 Å². The van der Waals surface area contributed by atoms with Crippen LogP contribution in [-0.4, -0.2) is 0 Å². The van der Waals surface area contributed by atoms with E-state index in [9.17, 15) is 0 Å². The van der Waals surface area contributed by atoms with E-state index in [2.05, 4.69) is 54.0 Å². The van der Waals surface area contributed by atoms with Crippen LogP contribution in [0, 0.1) is 5.41 Å². The fourth-order valence-corrected chi connectivity index (χ4v) is 0. The molecule has 0 amide bonds. The summed E-state index contributed by atoms with van der Waals surface area (Å²) in [7, 11) is 0. The van der Waals surface area contributed by atoms with E-state index in [0.717, 1.165) is 0 Å². The summed E-state index contributed by atoms with van der Waals surface area (Å²) in [5.41, 5.74) is 0.542. The second kappa shape index (κ2) is 11.3. The van der Waals surface area contributed by atoms with Crippen molar-refractivity contribution in [3.05, 3.63) is 26.3 Å². The summed E-state index contributed by atoms with van der Waals surface area (Å²) in [6.07, 6.45) is 1.27. The van der Waals surface area contributed by atoms with Gasteiger partial charge in [-0.25, -0.2) is 0 Å². The molecule has 0 saturated carbocycles. The first-order valence-corrected chi connectivity index (χ1v) is 3.56. The molecule has 0 aromatic rings. The molecule has 0 rings (SSSR count). The molecule has 0 bridgehead atoms. The summed E-state index contributed by atoms with van der Waals surface area (Å²) in [4.78, 5) is 0. The number of hydrogen-bond acceptors (Lipinski definition) is 0. The molecule has 62 valence electrons. The van der Waals surface area contributed by atoms with Crippen LogP contribution in [0.3, 0.4) is 0 Å². The maximum Gasteiger partial charge on any atom is -0.0385 e. The van der Waals surface area contributed by atoms with E-state index in [0.29, 0.717) is 5.41 Å². The lowest BCUT2D eigenvalue weighted by atomic mass is 9.94. The first-order chi connectivity index (χ1) is 4.56. The Morgan fingerprint density at radius 3 is 1.00 bits per heavy atom. The Morgan fingerprint density at radius 2 is 1.00 bits per heavy atom. The fourth-order valence-electron chi connectivity index (χ4n) is 0. The van der Waals surface area contributed by atoms with Crippen LogP contribution >= 0.6 is 0 Å². The van der Waals surface area contributed by atoms with E-state index in [4.69, 9.17) is 0 Å². The molecule has 0 saturated heterocycles. The van der Waals surface area contributed by atoms with Crippen molar-refractivity contribution >= 4 is 0 Å². The quantitative estimate of drug-likeness (QED) is 0.448. The minimum atomic E-state index is 0.542. The Morgan fingerprint density at radius 1 is 0.900 bits per heavy atom. The molecule has 0 aliphatic heterocycles. The number of rotatable bonds is 0. The Bertz CT molecular complexity index is 45.5. The smallest absolute Gasteiger partial charge is 0.0385 e. The van der Waals surface area contributed by atoms with Crippen molar-refractivity contribution in [2.24, 2.45) is 5.41 Å². The van der Waals surface area contributed by atoms with Crippen LogP contribution in [0.5, 0.6) is 0 Å². The van der Waals surface area contributed by atoms with Crippen molar-refractivity contribution in [2.45, 2.75) is 34.1 Å². The predicted molar refractivity (Wildman–Crippen MR) is 52.3 cm³/mol. The fraction of sp³-hybridized carbons (Fsp3) is 0.600. The van der Waals surface area contributed by atoms with Crippen molar-refractivity contribution in [3.8, 4) is 0 Å². The van der Waals surface area contributed by atoms with Crippen molar-refractivity contribution in [1.82, 2.24) is 0 Å². The first kappa shape index (κ1) is 16.2. The molecular weight excluding hydrogens is 120 g/mol. The van der Waals surface area contributed by atoms with Crippen molar-refractivity contribution in [1.29, 1.82) is 0 Å². The molecule has 0 aromatic heterocycles. The lowest BCUT2D eigenvalue weighted by Gasteiger charge is -2.12. The second-order valence-corrected chi connectivity index (χ2v) is 2.91. The third-order valence-electron chi connectivity index (χ3n) is 1.06. The molecule has 0 unspecified atom stereocenters. The summed E-state index contributed by atoms with van der Waals surface area (Å²) in [6.45, 7) is 20.9. The third kappa shape index (κ3) is 51.1. The van der Waals surface area contributed by atoms with Crippen LogP contribution in [0.1, 0.15) is 34.1 Å². The first-order valence-electron chi connectivity index (χ1n) is 3.56. The molecule has 0 radical (unpaired) electrons. The summed E-state index contributed by atoms with van der Waals surface area (Å²) >= 11 is 0. The predicted octanol–water partition coefficient (Wildman–Crippen LogP) is 4.05. The van der Waals surface area contributed by atoms with Crippen LogP contribution in [0.25, 0.3) is 0 Å². The van der Waals surface area contributed by atoms with Gasteiger partial charge in [0.1, 0.15) is 0 Å². The van der Waals surface area contributed by atoms with Crippen LogP contribution in [-0.2, 0) is 0 Å². The highest BCUT2D eigenvalue weighted by molar-refractivity contribution is 4.55. The average molecular weight is 142 g/mol. The zero-order valence-corrected chi connectivity index (χ0v) is 8.04. The molecule has 0 nitrogen and oxygen atoms in total. The van der Waals surface area contributed by atoms with E-state index in [1.54, 1.807) is 0 Å². The van der Waals surface area contributed by atoms with Crippen molar-refractivity contribution < 1.29 is 0 Å². The highest BCUT2D eigenvalue weighted by Crippen LogP contribution is 2.16. The zero-order chi connectivity index (χ0) is 9.21. The highest BCUT2D eigenvalue weighted by atomic mass is 14.1. The van der Waals surface area contributed by atoms with Crippen LogP contribution in [0.4, 0.5) is 0 Å². The van der Waals surface area contributed by atoms with E-state index in [1.165, 1.54) is 6.42 Å². The SMILES string of the molecule is C=C.C=C.CCC(C)(C)C. The molecular formula is C10H22. The van der Waals surface area contributed by atoms with Crippen LogP contribution in [0.15, 0.2) is 26.3 Å². The van der Waals surface area contributed by atoms with Crippen LogP contribution in [0.2, 0.25) is 0 Å². The monoisotopic (exact) mass is 142 g/mol. The molecule has 0 N–H and O–H groups in total. The van der Waals surface area contributed by atoms with Gasteiger partial charge in [0, 0.05) is 0 Å². The molecule has 0 heteroatoms. The minimum absolute atomic E-state index is 0.542. The molecule has 0 aliphatic rings. The molecule has 10 heavy (non-hydrogen) atoms. The van der Waals surface area contributed by atoms with Gasteiger partial charge in [-0.1, -0.05) is 34.1 Å². The van der Waals surface area contributed by atoms with Crippen molar-refractivity contribution in [2.75, 3.05) is 0 Å². The Balaban J connectivity index is -0.000000105. The standard InChI is InChI=1S/C6H14.2C2H4/c1-5-6(2,3)4;2*1-2/h5H2,1-4H3;2*1-2H2. The normalized spacial score (nSPS) is 8.00. The van der Waals surface area contributed by atoms with Gasteiger partial charge in [-0.05, 0) is 5.41 Å². The maximum absolute atomic E-state index is 3.00. The van der Waals surface area contributed by atoms with Gasteiger partial charge in [0.15, 0.2) is 0 Å². The average Bonchev–Trinajstić information content (AvgIpc) is 1.95. The lowest BCUT2D eigenvalue weighted by molar-refractivity contribution is 0.398. The van der Waals surface area contributed by atoms with Gasteiger partial charge < -0.3 is 0 Å². The van der Waals surface area contributed by atoms with Gasteiger partial charge in [0.2, 0.25) is 0 Å². The summed E-state index contributed by atoms with van der Waals surface area (Å²) < 4.78 is 0. The third-order valence-corrected chi connectivity index (χ3v) is 1.06. The Kier molecular flexibility index (Phi) is 18.3. The van der Waals surface area contributed by atoms with E-state index in [1.807, 2.05) is 0 Å². The van der Waals surface area contributed by atoms with E-state index >= 15 is 0 Å². The number of hydrogen-bond donors (Lipinski definition) is 0. The Hall–Kier alpha value is -0.520. The molecule has 0 aliphatic carbocycles. The summed E-state index contributed by atoms with van der Waals surface area (Å²) in [6, 6.07) is 0. The largest absolute Gasteiger partial charge is 0.106 e. The topological polar surface area (TPSA) is 0 Å². The van der Waals surface area contributed by atoms with Gasteiger partial charge in [0.25, 0.3) is 0 Å². The molecule has 0 spiro atoms. The highest BCUT2D eigenvalue weighted by Gasteiger charge is 2.03. The molecule has 0 heterocycles. The van der Waals surface area contributed by atoms with E-state index < -0.39 is 0 Å². The maximum atomic E-state index is 3.00. The minimum Gasteiger partial charge on any atom is -0.106 e. The van der Waals surface area contributed by atoms with Gasteiger partial charge in [-0.3, -0.25) is 0 Å².